The maximum Gasteiger partial charge on any atom is 0.269 e. The van der Waals surface area contributed by atoms with Gasteiger partial charge < -0.3 is 9.47 Å². The van der Waals surface area contributed by atoms with Crippen LogP contribution in [0.5, 0.6) is 0 Å². The lowest BCUT2D eigenvalue weighted by Gasteiger charge is -2.37. The molecule has 4 fully saturated rings. The molecule has 5 nitrogen and oxygen atoms in total. The lowest BCUT2D eigenvalue weighted by molar-refractivity contribution is -0.384. The number of benzene rings is 1. The van der Waals surface area contributed by atoms with Crippen molar-refractivity contribution in [2.45, 2.75) is 44.2 Å². The van der Waals surface area contributed by atoms with Crippen molar-refractivity contribution in [3.05, 3.63) is 39.9 Å². The second-order valence-electron chi connectivity index (χ2n) is 7.19. The maximum atomic E-state index is 10.8. The smallest absolute Gasteiger partial charge is 0.269 e. The highest BCUT2D eigenvalue weighted by atomic mass is 16.7. The largest absolute Gasteiger partial charge is 0.345 e. The first-order valence-electron chi connectivity index (χ1n) is 8.27. The molecule has 3 aliphatic carbocycles. The average Bonchev–Trinajstić information content (AvgIpc) is 3.16. The highest BCUT2D eigenvalue weighted by Gasteiger charge is 2.63. The van der Waals surface area contributed by atoms with Gasteiger partial charge in [0, 0.05) is 23.6 Å². The van der Waals surface area contributed by atoms with Crippen molar-refractivity contribution in [2.75, 3.05) is 0 Å². The first kappa shape index (κ1) is 13.0. The fraction of sp³-hybridized carbons (Fsp3) is 0.647. The van der Waals surface area contributed by atoms with Crippen molar-refractivity contribution in [3.8, 4) is 0 Å². The number of hydrogen-bond donors (Lipinski definition) is 0. The van der Waals surface area contributed by atoms with Crippen molar-refractivity contribution in [1.29, 1.82) is 0 Å². The van der Waals surface area contributed by atoms with E-state index in [0.717, 1.165) is 23.8 Å². The molecule has 0 amide bonds. The normalized spacial score (nSPS) is 45.0. The van der Waals surface area contributed by atoms with E-state index in [-0.39, 0.29) is 16.9 Å². The van der Waals surface area contributed by atoms with Crippen LogP contribution in [0, 0.1) is 33.8 Å². The van der Waals surface area contributed by atoms with Crippen molar-refractivity contribution in [1.82, 2.24) is 0 Å². The second kappa shape index (κ2) is 4.52. The van der Waals surface area contributed by atoms with Gasteiger partial charge in [0.25, 0.3) is 5.69 Å². The quantitative estimate of drug-likeness (QED) is 0.620. The molecule has 7 atom stereocenters. The van der Waals surface area contributed by atoms with Gasteiger partial charge in [-0.3, -0.25) is 10.1 Å². The molecule has 0 spiro atoms. The van der Waals surface area contributed by atoms with Crippen LogP contribution in [-0.2, 0) is 9.47 Å². The topological polar surface area (TPSA) is 61.6 Å². The predicted molar refractivity (Wildman–Crippen MR) is 78.0 cm³/mol. The number of nitro groups is 1. The minimum absolute atomic E-state index is 0.108. The van der Waals surface area contributed by atoms with Crippen LogP contribution in [0.2, 0.25) is 0 Å². The third-order valence-corrected chi connectivity index (χ3v) is 6.36. The Morgan fingerprint density at radius 2 is 1.82 bits per heavy atom. The van der Waals surface area contributed by atoms with Crippen LogP contribution < -0.4 is 0 Å². The number of hydrogen-bond acceptors (Lipinski definition) is 4. The first-order chi connectivity index (χ1) is 10.7. The van der Waals surface area contributed by atoms with Crippen molar-refractivity contribution >= 4 is 5.69 Å². The standard InChI is InChI=1S/C17H19NO4/c19-18(20)10-6-4-9(5-7-10)17-21-14-8-13-11-2-1-3-12(11)15(14)16(13)22-17/h4-7,11-17H,1-3,8H2/t11-,12+,13-,14-,15+,16-,17+/m1/s1. The zero-order valence-corrected chi connectivity index (χ0v) is 12.3. The lowest BCUT2D eigenvalue weighted by Crippen LogP contribution is -2.38. The molecule has 3 saturated carbocycles. The Morgan fingerprint density at radius 3 is 2.59 bits per heavy atom. The Labute approximate surface area is 128 Å². The number of ether oxygens (including phenoxy) is 2. The van der Waals surface area contributed by atoms with E-state index in [1.807, 2.05) is 0 Å². The van der Waals surface area contributed by atoms with Gasteiger partial charge in [-0.25, -0.2) is 0 Å². The average molecular weight is 301 g/mol. The molecule has 22 heavy (non-hydrogen) atoms. The monoisotopic (exact) mass is 301 g/mol. The highest BCUT2D eigenvalue weighted by molar-refractivity contribution is 5.33. The van der Waals surface area contributed by atoms with E-state index in [9.17, 15) is 10.1 Å². The van der Waals surface area contributed by atoms with Gasteiger partial charge in [-0.2, -0.15) is 0 Å². The molecule has 0 N–H and O–H groups in total. The van der Waals surface area contributed by atoms with Crippen LogP contribution in [-0.4, -0.2) is 17.1 Å². The summed E-state index contributed by atoms with van der Waals surface area (Å²) in [5.74, 6) is 2.93. The van der Waals surface area contributed by atoms with Gasteiger partial charge in [-0.1, -0.05) is 6.42 Å². The Morgan fingerprint density at radius 1 is 1.05 bits per heavy atom. The fourth-order valence-corrected chi connectivity index (χ4v) is 5.60. The summed E-state index contributed by atoms with van der Waals surface area (Å²) in [7, 11) is 0. The summed E-state index contributed by atoms with van der Waals surface area (Å²) in [5.41, 5.74) is 1.00. The molecule has 116 valence electrons. The van der Waals surface area contributed by atoms with Crippen LogP contribution >= 0.6 is 0 Å². The molecule has 4 aliphatic rings. The number of rotatable bonds is 2. The van der Waals surface area contributed by atoms with E-state index in [0.29, 0.717) is 24.0 Å². The van der Waals surface area contributed by atoms with E-state index in [1.165, 1.54) is 31.4 Å². The highest BCUT2D eigenvalue weighted by Crippen LogP contribution is 2.63. The van der Waals surface area contributed by atoms with Gasteiger partial charge in [-0.05, 0) is 49.1 Å². The Bertz CT molecular complexity index is 616. The zero-order chi connectivity index (χ0) is 14.8. The molecule has 1 aromatic rings. The van der Waals surface area contributed by atoms with Gasteiger partial charge in [0.05, 0.1) is 17.1 Å². The SMILES string of the molecule is O=[N+]([O-])c1ccc([C@@H]2O[C@@H]3[C@@H]4C[C@@H](O2)[C@@H]3[C@H]2CCC[C@@H]42)cc1. The second-order valence-corrected chi connectivity index (χ2v) is 7.19. The summed E-state index contributed by atoms with van der Waals surface area (Å²) >= 11 is 0. The summed E-state index contributed by atoms with van der Waals surface area (Å²) in [6.45, 7) is 0. The minimum Gasteiger partial charge on any atom is -0.345 e. The van der Waals surface area contributed by atoms with Gasteiger partial charge >= 0.3 is 0 Å². The Balaban J connectivity index is 1.39. The van der Waals surface area contributed by atoms with Crippen LogP contribution in [0.3, 0.4) is 0 Å². The molecule has 5 rings (SSSR count). The predicted octanol–water partition coefficient (Wildman–Crippen LogP) is 3.44. The number of non-ortho nitro benzene ring substituents is 1. The Kier molecular flexibility index (Phi) is 2.68. The van der Waals surface area contributed by atoms with E-state index in [1.54, 1.807) is 12.1 Å². The van der Waals surface area contributed by atoms with Gasteiger partial charge in [-0.15, -0.1) is 0 Å². The Hall–Kier alpha value is -1.46. The minimum atomic E-state index is -0.378. The molecule has 1 heterocycles. The van der Waals surface area contributed by atoms with Crippen LogP contribution in [0.15, 0.2) is 24.3 Å². The maximum absolute atomic E-state index is 10.8. The molecule has 0 radical (unpaired) electrons. The number of nitro benzene ring substituents is 1. The number of nitrogens with zero attached hydrogens (tertiary/aromatic N) is 1. The molecule has 1 saturated heterocycles. The van der Waals surface area contributed by atoms with Crippen molar-refractivity contribution in [2.24, 2.45) is 23.7 Å². The number of fused-ring (bicyclic) bond motifs is 2. The van der Waals surface area contributed by atoms with Crippen LogP contribution in [0.1, 0.15) is 37.5 Å². The summed E-state index contributed by atoms with van der Waals surface area (Å²) in [5, 5.41) is 10.8. The molecular formula is C17H19NO4. The third kappa shape index (κ3) is 1.66. The van der Waals surface area contributed by atoms with Gasteiger partial charge in [0.15, 0.2) is 6.29 Å². The molecule has 5 heteroatoms. The van der Waals surface area contributed by atoms with Crippen LogP contribution in [0.4, 0.5) is 5.69 Å². The van der Waals surface area contributed by atoms with E-state index in [4.69, 9.17) is 9.47 Å². The molecular weight excluding hydrogens is 282 g/mol. The van der Waals surface area contributed by atoms with Gasteiger partial charge in [0.1, 0.15) is 0 Å². The summed E-state index contributed by atoms with van der Waals surface area (Å²) in [6, 6.07) is 6.58. The molecule has 0 aromatic heterocycles. The molecule has 1 aliphatic heterocycles. The first-order valence-corrected chi connectivity index (χ1v) is 8.27. The van der Waals surface area contributed by atoms with E-state index >= 15 is 0 Å². The van der Waals surface area contributed by atoms with Crippen LogP contribution in [0.25, 0.3) is 0 Å². The lowest BCUT2D eigenvalue weighted by atomic mass is 9.80. The third-order valence-electron chi connectivity index (χ3n) is 6.36. The fourth-order valence-electron chi connectivity index (χ4n) is 5.60. The van der Waals surface area contributed by atoms with E-state index < -0.39 is 0 Å². The van der Waals surface area contributed by atoms with E-state index in [2.05, 4.69) is 0 Å². The van der Waals surface area contributed by atoms with Crippen molar-refractivity contribution < 1.29 is 14.4 Å². The molecule has 0 unspecified atom stereocenters. The summed E-state index contributed by atoms with van der Waals surface area (Å²) in [4.78, 5) is 10.4. The van der Waals surface area contributed by atoms with Crippen molar-refractivity contribution in [3.63, 3.8) is 0 Å². The molecule has 4 bridgehead atoms. The summed E-state index contributed by atoms with van der Waals surface area (Å²) in [6.07, 6.45) is 5.52. The molecule has 1 aromatic carbocycles. The zero-order valence-electron chi connectivity index (χ0n) is 12.3. The van der Waals surface area contributed by atoms with Gasteiger partial charge in [0.2, 0.25) is 0 Å². The summed E-state index contributed by atoms with van der Waals surface area (Å²) < 4.78 is 12.5.